The summed E-state index contributed by atoms with van der Waals surface area (Å²) in [6, 6.07) is 10.9. The molecule has 168 valence electrons. The second-order valence-corrected chi connectivity index (χ2v) is 7.21. The Kier molecular flexibility index (Phi) is 6.79. The maximum absolute atomic E-state index is 13.0. The fourth-order valence-corrected chi connectivity index (χ4v) is 3.37. The number of methoxy groups -OCH3 is 2. The van der Waals surface area contributed by atoms with Gasteiger partial charge >= 0.3 is 0 Å². The number of carbonyl (C=O) groups is 2. The monoisotopic (exact) mass is 440 g/mol. The second-order valence-electron chi connectivity index (χ2n) is 7.21. The number of nitrogens with two attached hydrogens (primary N) is 1. The maximum Gasteiger partial charge on any atom is 0.287 e. The highest BCUT2D eigenvalue weighted by Crippen LogP contribution is 2.31. The van der Waals surface area contributed by atoms with E-state index in [0.717, 1.165) is 5.56 Å². The molecule has 1 heterocycles. The molecule has 32 heavy (non-hydrogen) atoms. The number of aliphatic hydroxyl groups excluding tert-OH is 1. The minimum absolute atomic E-state index is 0.0641. The van der Waals surface area contributed by atoms with Gasteiger partial charge in [-0.2, -0.15) is 0 Å². The number of aliphatic hydroxyl groups is 1. The SMILES string of the molecule is COc1cc2oc(C(=O)N[C@@H](Cc3ccccc3)C(O)C(N)=O)c(C)c(=O)c2cc1OC. The van der Waals surface area contributed by atoms with Gasteiger partial charge in [0.05, 0.1) is 25.6 Å². The van der Waals surface area contributed by atoms with Gasteiger partial charge in [-0.25, -0.2) is 0 Å². The van der Waals surface area contributed by atoms with E-state index in [0.29, 0.717) is 11.5 Å². The number of benzene rings is 2. The lowest BCUT2D eigenvalue weighted by atomic mass is 10.0. The predicted octanol–water partition coefficient (Wildman–Crippen LogP) is 1.31. The number of hydrogen-bond acceptors (Lipinski definition) is 7. The summed E-state index contributed by atoms with van der Waals surface area (Å²) < 4.78 is 16.2. The fraction of sp³-hybridized carbons (Fsp3) is 0.261. The van der Waals surface area contributed by atoms with Crippen LogP contribution in [-0.4, -0.2) is 43.3 Å². The van der Waals surface area contributed by atoms with Crippen LogP contribution in [-0.2, 0) is 11.2 Å². The van der Waals surface area contributed by atoms with E-state index >= 15 is 0 Å². The molecule has 4 N–H and O–H groups in total. The number of rotatable bonds is 8. The van der Waals surface area contributed by atoms with Gasteiger partial charge in [-0.3, -0.25) is 14.4 Å². The zero-order chi connectivity index (χ0) is 23.4. The first kappa shape index (κ1) is 22.8. The van der Waals surface area contributed by atoms with Gasteiger partial charge in [0.2, 0.25) is 5.91 Å². The third kappa shape index (κ3) is 4.57. The van der Waals surface area contributed by atoms with Crippen molar-refractivity contribution in [1.29, 1.82) is 0 Å². The molecule has 3 aromatic rings. The van der Waals surface area contributed by atoms with E-state index in [9.17, 15) is 19.5 Å². The van der Waals surface area contributed by atoms with Gasteiger partial charge < -0.3 is 30.0 Å². The minimum Gasteiger partial charge on any atom is -0.493 e. The molecular formula is C23H24N2O7. The van der Waals surface area contributed by atoms with Crippen LogP contribution in [0.15, 0.2) is 51.7 Å². The lowest BCUT2D eigenvalue weighted by Gasteiger charge is -2.22. The van der Waals surface area contributed by atoms with Crippen LogP contribution >= 0.6 is 0 Å². The number of nitrogens with one attached hydrogen (secondary N) is 1. The van der Waals surface area contributed by atoms with Gasteiger partial charge in [0.15, 0.2) is 28.8 Å². The first-order valence-corrected chi connectivity index (χ1v) is 9.78. The highest BCUT2D eigenvalue weighted by atomic mass is 16.5. The van der Waals surface area contributed by atoms with E-state index < -0.39 is 29.4 Å². The lowest BCUT2D eigenvalue weighted by Crippen LogP contribution is -2.50. The summed E-state index contributed by atoms with van der Waals surface area (Å²) in [7, 11) is 2.87. The fourth-order valence-electron chi connectivity index (χ4n) is 3.37. The van der Waals surface area contributed by atoms with E-state index in [4.69, 9.17) is 19.6 Å². The summed E-state index contributed by atoms with van der Waals surface area (Å²) in [5, 5.41) is 13.0. The summed E-state index contributed by atoms with van der Waals surface area (Å²) >= 11 is 0. The molecule has 2 atom stereocenters. The Morgan fingerprint density at radius 3 is 2.34 bits per heavy atom. The number of hydrogen-bond donors (Lipinski definition) is 3. The van der Waals surface area contributed by atoms with Crippen molar-refractivity contribution < 1.29 is 28.6 Å². The molecular weight excluding hydrogens is 416 g/mol. The molecule has 0 saturated carbocycles. The van der Waals surface area contributed by atoms with Crippen LogP contribution in [0, 0.1) is 6.92 Å². The number of primary amides is 1. The average Bonchev–Trinajstić information content (AvgIpc) is 2.80. The quantitative estimate of drug-likeness (QED) is 0.479. The molecule has 0 saturated heterocycles. The Balaban J connectivity index is 2.00. The van der Waals surface area contributed by atoms with Crippen molar-refractivity contribution in [1.82, 2.24) is 5.32 Å². The van der Waals surface area contributed by atoms with Crippen molar-refractivity contribution in [3.63, 3.8) is 0 Å². The minimum atomic E-state index is -1.64. The van der Waals surface area contributed by atoms with Gasteiger partial charge in [0, 0.05) is 11.6 Å². The molecule has 9 heteroatoms. The summed E-state index contributed by atoms with van der Waals surface area (Å²) in [4.78, 5) is 37.5. The average molecular weight is 440 g/mol. The number of fused-ring (bicyclic) bond motifs is 1. The molecule has 3 rings (SSSR count). The molecule has 9 nitrogen and oxygen atoms in total. The second kappa shape index (κ2) is 9.52. The lowest BCUT2D eigenvalue weighted by molar-refractivity contribution is -0.127. The van der Waals surface area contributed by atoms with Crippen LogP contribution in [0.25, 0.3) is 11.0 Å². The third-order valence-corrected chi connectivity index (χ3v) is 5.12. The summed E-state index contributed by atoms with van der Waals surface area (Å²) in [6.45, 7) is 1.45. The van der Waals surface area contributed by atoms with Crippen molar-refractivity contribution in [3.05, 3.63) is 69.6 Å². The van der Waals surface area contributed by atoms with Crippen molar-refractivity contribution in [2.24, 2.45) is 5.73 Å². The first-order chi connectivity index (χ1) is 15.3. The van der Waals surface area contributed by atoms with Crippen LogP contribution in [0.5, 0.6) is 11.5 Å². The van der Waals surface area contributed by atoms with Crippen LogP contribution in [0.2, 0.25) is 0 Å². The molecule has 2 amide bonds. The Labute approximate surface area is 183 Å². The van der Waals surface area contributed by atoms with E-state index in [1.54, 1.807) is 24.3 Å². The van der Waals surface area contributed by atoms with Crippen molar-refractivity contribution in [2.45, 2.75) is 25.5 Å². The zero-order valence-electron chi connectivity index (χ0n) is 17.9. The van der Waals surface area contributed by atoms with Gasteiger partial charge in [-0.15, -0.1) is 0 Å². The maximum atomic E-state index is 13.0. The zero-order valence-corrected chi connectivity index (χ0v) is 17.9. The Hall–Kier alpha value is -3.85. The van der Waals surface area contributed by atoms with Crippen LogP contribution in [0.4, 0.5) is 0 Å². The first-order valence-electron chi connectivity index (χ1n) is 9.78. The molecule has 1 aromatic heterocycles. The highest BCUT2D eigenvalue weighted by Gasteiger charge is 2.28. The van der Waals surface area contributed by atoms with Gasteiger partial charge in [0.1, 0.15) is 5.58 Å². The molecule has 0 aliphatic rings. The number of amides is 2. The topological polar surface area (TPSA) is 141 Å². The normalized spacial score (nSPS) is 12.8. The number of carbonyl (C=O) groups excluding carboxylic acids is 2. The largest absolute Gasteiger partial charge is 0.493 e. The van der Waals surface area contributed by atoms with Crippen molar-refractivity contribution >= 4 is 22.8 Å². The van der Waals surface area contributed by atoms with Crippen LogP contribution in [0.3, 0.4) is 0 Å². The van der Waals surface area contributed by atoms with E-state index in [1.807, 2.05) is 6.07 Å². The summed E-state index contributed by atoms with van der Waals surface area (Å²) in [5.74, 6) is -1.33. The summed E-state index contributed by atoms with van der Waals surface area (Å²) in [6.07, 6.45) is -1.51. The molecule has 2 aromatic carbocycles. The molecule has 0 bridgehead atoms. The molecule has 0 radical (unpaired) electrons. The van der Waals surface area contributed by atoms with Crippen molar-refractivity contribution in [3.8, 4) is 11.5 Å². The van der Waals surface area contributed by atoms with E-state index in [1.165, 1.54) is 33.3 Å². The molecule has 0 spiro atoms. The van der Waals surface area contributed by atoms with Gasteiger partial charge in [0.25, 0.3) is 5.91 Å². The van der Waals surface area contributed by atoms with Gasteiger partial charge in [-0.05, 0) is 25.0 Å². The molecule has 0 aliphatic carbocycles. The standard InChI is InChI=1S/C23H24N2O7/c1-12-19(26)14-10-17(30-2)18(31-3)11-16(14)32-21(12)23(29)25-15(20(27)22(24)28)9-13-7-5-4-6-8-13/h4-8,10-11,15,20,27H,9H2,1-3H3,(H2,24,28)(H,25,29)/t15-,20?/m0/s1. The van der Waals surface area contributed by atoms with E-state index in [-0.39, 0.29) is 28.7 Å². The smallest absolute Gasteiger partial charge is 0.287 e. The van der Waals surface area contributed by atoms with Gasteiger partial charge in [-0.1, -0.05) is 30.3 Å². The molecule has 0 fully saturated rings. The Morgan fingerprint density at radius 2 is 1.75 bits per heavy atom. The highest BCUT2D eigenvalue weighted by molar-refractivity contribution is 5.96. The molecule has 1 unspecified atom stereocenters. The molecule has 0 aliphatic heterocycles. The third-order valence-electron chi connectivity index (χ3n) is 5.12. The van der Waals surface area contributed by atoms with E-state index in [2.05, 4.69) is 5.32 Å². The van der Waals surface area contributed by atoms with Crippen molar-refractivity contribution in [2.75, 3.05) is 14.2 Å². The Bertz CT molecular complexity index is 1200. The Morgan fingerprint density at radius 1 is 1.12 bits per heavy atom. The van der Waals surface area contributed by atoms with Crippen LogP contribution < -0.4 is 26.0 Å². The summed E-state index contributed by atoms with van der Waals surface area (Å²) in [5.41, 5.74) is 5.79. The number of ether oxygens (including phenoxy) is 2. The van der Waals surface area contributed by atoms with Crippen LogP contribution in [0.1, 0.15) is 21.7 Å². The predicted molar refractivity (Wildman–Crippen MR) is 117 cm³/mol.